The van der Waals surface area contributed by atoms with E-state index < -0.39 is 61.1 Å². The molecule has 164 valence electrons. The van der Waals surface area contributed by atoms with Gasteiger partial charge in [0.05, 0.1) is 0 Å². The van der Waals surface area contributed by atoms with Crippen molar-refractivity contribution in [1.82, 2.24) is 4.72 Å². The van der Waals surface area contributed by atoms with Crippen molar-refractivity contribution >= 4 is 32.6 Å². The van der Waals surface area contributed by atoms with E-state index in [1.165, 1.54) is 6.92 Å². The van der Waals surface area contributed by atoms with E-state index in [2.05, 4.69) is 0 Å². The Morgan fingerprint density at radius 1 is 1.07 bits per heavy atom. The lowest BCUT2D eigenvalue weighted by Gasteiger charge is -2.29. The second-order valence-electron chi connectivity index (χ2n) is 6.23. The molecule has 0 aliphatic heterocycles. The van der Waals surface area contributed by atoms with Crippen molar-refractivity contribution in [2.24, 2.45) is 0 Å². The zero-order chi connectivity index (χ0) is 22.2. The Morgan fingerprint density at radius 3 is 1.96 bits per heavy atom. The predicted molar refractivity (Wildman–Crippen MR) is 79.8 cm³/mol. The number of esters is 1. The number of hydrogen-bond donors (Lipinski definition) is 2. The molecule has 0 aromatic rings. The molecule has 0 unspecified atom stereocenters. The Labute approximate surface area is 156 Å². The molecule has 1 saturated carbocycles. The summed E-state index contributed by atoms with van der Waals surface area (Å²) in [4.78, 5) is 23.0. The first-order chi connectivity index (χ1) is 12.4. The molecular weight excluding hydrogens is 448 g/mol. The van der Waals surface area contributed by atoms with Crippen LogP contribution in [0.15, 0.2) is 0 Å². The molecule has 0 aromatic carbocycles. The van der Waals surface area contributed by atoms with E-state index in [1.54, 1.807) is 0 Å². The fraction of sp³-hybridized carbons (Fsp3) is 0.833. The highest BCUT2D eigenvalue weighted by atomic mass is 32.2. The van der Waals surface area contributed by atoms with E-state index in [0.29, 0.717) is 30.4 Å². The van der Waals surface area contributed by atoms with Gasteiger partial charge in [-0.1, -0.05) is 0 Å². The summed E-state index contributed by atoms with van der Waals surface area (Å²) in [5.74, 6) is -10.3. The van der Waals surface area contributed by atoms with Crippen LogP contribution in [-0.2, 0) is 35.1 Å². The zero-order valence-electron chi connectivity index (χ0n) is 14.0. The number of alkyl halides is 6. The van der Waals surface area contributed by atoms with Gasteiger partial charge in [-0.3, -0.25) is 9.59 Å². The van der Waals surface area contributed by atoms with E-state index in [-0.39, 0.29) is 0 Å². The minimum Gasteiger partial charge on any atom is -0.459 e. The molecule has 0 saturated heterocycles. The van der Waals surface area contributed by atoms with Crippen LogP contribution in [0.2, 0.25) is 0 Å². The number of hydrogen-bond acceptors (Lipinski definition) is 7. The van der Waals surface area contributed by atoms with Gasteiger partial charge in [-0.05, 0) is 32.6 Å². The third kappa shape index (κ3) is 4.52. The Kier molecular flexibility index (Phi) is 6.71. The molecule has 1 rings (SSSR count). The summed E-state index contributed by atoms with van der Waals surface area (Å²) >= 11 is 0. The van der Waals surface area contributed by atoms with Crippen LogP contribution in [0.5, 0.6) is 0 Å². The minimum absolute atomic E-state index is 0.354. The van der Waals surface area contributed by atoms with Crippen molar-refractivity contribution in [3.63, 3.8) is 0 Å². The lowest BCUT2D eigenvalue weighted by atomic mass is 10.1. The van der Waals surface area contributed by atoms with Gasteiger partial charge in [-0.2, -0.15) is 34.8 Å². The molecule has 0 atom stereocenters. The first-order valence-corrected chi connectivity index (χ1v) is 10.1. The van der Waals surface area contributed by atoms with Gasteiger partial charge in [0.1, 0.15) is 12.0 Å². The van der Waals surface area contributed by atoms with Crippen LogP contribution in [-0.4, -0.2) is 50.7 Å². The molecule has 1 amide bonds. The van der Waals surface area contributed by atoms with Crippen LogP contribution in [0.3, 0.4) is 0 Å². The van der Waals surface area contributed by atoms with Crippen LogP contribution < -0.4 is 4.72 Å². The third-order valence-electron chi connectivity index (χ3n) is 3.88. The van der Waals surface area contributed by atoms with Crippen LogP contribution in [0.1, 0.15) is 39.0 Å². The highest BCUT2D eigenvalue weighted by molar-refractivity contribution is 7.91. The fourth-order valence-corrected chi connectivity index (χ4v) is 3.79. The second-order valence-corrected chi connectivity index (χ2v) is 9.03. The van der Waals surface area contributed by atoms with Gasteiger partial charge in [0, 0.05) is 0 Å². The van der Waals surface area contributed by atoms with Gasteiger partial charge in [0.15, 0.2) is 0 Å². The monoisotopic (exact) mass is 463 g/mol. The van der Waals surface area contributed by atoms with Crippen molar-refractivity contribution in [2.45, 2.75) is 61.1 Å². The van der Waals surface area contributed by atoms with Gasteiger partial charge in [-0.15, -0.1) is 0 Å². The van der Waals surface area contributed by atoms with E-state index in [4.69, 9.17) is 4.74 Å². The average molecular weight is 463 g/mol. The normalized spacial score (nSPS) is 18.1. The van der Waals surface area contributed by atoms with E-state index in [9.17, 15) is 52.8 Å². The summed E-state index contributed by atoms with van der Waals surface area (Å²) in [7, 11) is -12.4. The molecule has 1 aliphatic rings. The van der Waals surface area contributed by atoms with E-state index >= 15 is 0 Å². The molecule has 16 heteroatoms. The first kappa shape index (κ1) is 24.5. The Bertz CT molecular complexity index is 810. The minimum atomic E-state index is -6.92. The maximum atomic E-state index is 13.5. The smallest absolute Gasteiger partial charge is 0.433 e. The summed E-state index contributed by atoms with van der Waals surface area (Å²) in [5, 5.41) is -13.2. The van der Waals surface area contributed by atoms with Crippen molar-refractivity contribution in [3.05, 3.63) is 0 Å². The van der Waals surface area contributed by atoms with Crippen LogP contribution in [0, 0.1) is 0 Å². The first-order valence-electron chi connectivity index (χ1n) is 7.44. The fourth-order valence-electron chi connectivity index (χ4n) is 2.38. The number of nitrogens with one attached hydrogen (secondary N) is 1. The maximum absolute atomic E-state index is 13.5. The molecule has 1 aliphatic carbocycles. The third-order valence-corrected chi connectivity index (χ3v) is 6.05. The molecular formula is C12H15F6NO7S2. The number of halogens is 6. The molecule has 0 radical (unpaired) electrons. The molecule has 0 heterocycles. The van der Waals surface area contributed by atoms with E-state index in [0.717, 1.165) is 0 Å². The van der Waals surface area contributed by atoms with Gasteiger partial charge >= 0.3 is 32.4 Å². The molecule has 1 fully saturated rings. The average Bonchev–Trinajstić information content (AvgIpc) is 2.91. The lowest BCUT2D eigenvalue weighted by Crippen LogP contribution is -2.61. The standard InChI is InChI=1S/C12H15F6NO7S2/c1-9(4-2-3-5-9)26-8(21)6-7(20)19-28(24,25)12(17,18)10(13,14)11(15,16)27(22)23/h27H,2-6H2,1H3,(H,19,20). The van der Waals surface area contributed by atoms with Crippen molar-refractivity contribution < 1.29 is 57.5 Å². The maximum Gasteiger partial charge on any atom is 0.433 e. The summed E-state index contributed by atoms with van der Waals surface area (Å²) < 4.78 is 127. The van der Waals surface area contributed by atoms with Gasteiger partial charge in [-0.25, -0.2) is 13.1 Å². The number of rotatable bonds is 8. The summed E-state index contributed by atoms with van der Waals surface area (Å²) in [6.45, 7) is 1.49. The Hall–Kier alpha value is -1.58. The summed E-state index contributed by atoms with van der Waals surface area (Å²) in [5.41, 5.74) is -0.977. The van der Waals surface area contributed by atoms with Crippen LogP contribution in [0.25, 0.3) is 0 Å². The second kappa shape index (κ2) is 7.68. The van der Waals surface area contributed by atoms with Gasteiger partial charge < -0.3 is 4.74 Å². The zero-order valence-corrected chi connectivity index (χ0v) is 15.7. The SMILES string of the molecule is CC1(OC(=O)CC(=O)NS(=O)(=O)C(F)(F)C(F)(F)C(F)(F)[SH](=O)=O)CCCC1. The van der Waals surface area contributed by atoms with Crippen molar-refractivity contribution in [2.75, 3.05) is 0 Å². The molecule has 0 spiro atoms. The largest absolute Gasteiger partial charge is 0.459 e. The topological polar surface area (TPSA) is 124 Å². The number of thiol groups is 1. The molecule has 0 aromatic heterocycles. The lowest BCUT2D eigenvalue weighted by molar-refractivity contribution is -0.242. The summed E-state index contributed by atoms with van der Waals surface area (Å²) in [6.07, 6.45) is 0.698. The summed E-state index contributed by atoms with van der Waals surface area (Å²) in [6, 6.07) is 0. The Morgan fingerprint density at radius 2 is 1.54 bits per heavy atom. The number of carbonyl (C=O) groups excluding carboxylic acids is 2. The van der Waals surface area contributed by atoms with Gasteiger partial charge in [0.25, 0.3) is 0 Å². The molecule has 0 bridgehead atoms. The predicted octanol–water partition coefficient (Wildman–Crippen LogP) is 1.13. The highest BCUT2D eigenvalue weighted by Gasteiger charge is 2.79. The van der Waals surface area contributed by atoms with Crippen LogP contribution in [0.4, 0.5) is 26.3 Å². The highest BCUT2D eigenvalue weighted by Crippen LogP contribution is 2.48. The van der Waals surface area contributed by atoms with E-state index in [1.807, 2.05) is 0 Å². The number of ether oxygens (including phenoxy) is 1. The number of sulfonamides is 1. The molecule has 28 heavy (non-hydrogen) atoms. The van der Waals surface area contributed by atoms with Crippen molar-refractivity contribution in [3.8, 4) is 0 Å². The Balaban J connectivity index is 2.94. The number of amides is 1. The van der Waals surface area contributed by atoms with Crippen molar-refractivity contribution in [1.29, 1.82) is 0 Å². The number of carbonyl (C=O) groups is 2. The van der Waals surface area contributed by atoms with Gasteiger partial charge in [0.2, 0.25) is 16.6 Å². The molecule has 1 N–H and O–H groups in total. The molecule has 8 nitrogen and oxygen atoms in total. The van der Waals surface area contributed by atoms with Crippen LogP contribution >= 0.6 is 0 Å². The quantitative estimate of drug-likeness (QED) is 0.239.